The van der Waals surface area contributed by atoms with Gasteiger partial charge >= 0.3 is 6.03 Å². The van der Waals surface area contributed by atoms with Crippen LogP contribution >= 0.6 is 0 Å². The minimum Gasteiger partial charge on any atom is -0.378 e. The van der Waals surface area contributed by atoms with Crippen molar-refractivity contribution >= 4 is 21.7 Å². The molecule has 0 radical (unpaired) electrons. The lowest BCUT2D eigenvalue weighted by atomic mass is 10.1. The first-order chi connectivity index (χ1) is 11.5. The summed E-state index contributed by atoms with van der Waals surface area (Å²) in [5.41, 5.74) is 0.434. The van der Waals surface area contributed by atoms with Gasteiger partial charge in [0.15, 0.2) is 0 Å². The Morgan fingerprint density at radius 1 is 1.33 bits per heavy atom. The molecule has 24 heavy (non-hydrogen) atoms. The molecule has 1 aromatic rings. The van der Waals surface area contributed by atoms with Gasteiger partial charge in [0.1, 0.15) is 0 Å². The zero-order chi connectivity index (χ0) is 17.4. The quantitative estimate of drug-likeness (QED) is 0.622. The standard InChI is InChI=1S/C16H25N3O4S/c1-17-24(21,22)15-9-4-6-13(12-15)19-16(20)18-10-3-2-7-14-8-5-11-23-14/h4,6,9,12,14,17H,2-3,5,7-8,10-11H2,1H3,(H2,18,19,20). The molecule has 8 heteroatoms. The average molecular weight is 355 g/mol. The van der Waals surface area contributed by atoms with Crippen LogP contribution in [0.2, 0.25) is 0 Å². The Morgan fingerprint density at radius 2 is 2.17 bits per heavy atom. The SMILES string of the molecule is CNS(=O)(=O)c1cccc(NC(=O)NCCCCC2CCCO2)c1. The maximum absolute atomic E-state index is 11.9. The monoisotopic (exact) mass is 355 g/mol. The summed E-state index contributed by atoms with van der Waals surface area (Å²) >= 11 is 0. The topological polar surface area (TPSA) is 96.5 Å². The summed E-state index contributed by atoms with van der Waals surface area (Å²) in [4.78, 5) is 12.0. The van der Waals surface area contributed by atoms with Crippen molar-refractivity contribution in [2.24, 2.45) is 0 Å². The molecule has 1 unspecified atom stereocenters. The molecule has 1 aliphatic rings. The van der Waals surface area contributed by atoms with Gasteiger partial charge in [-0.25, -0.2) is 17.9 Å². The molecule has 1 aliphatic heterocycles. The van der Waals surface area contributed by atoms with Gasteiger partial charge in [-0.3, -0.25) is 0 Å². The van der Waals surface area contributed by atoms with Crippen LogP contribution in [-0.2, 0) is 14.8 Å². The number of unbranched alkanes of at least 4 members (excludes halogenated alkanes) is 1. The van der Waals surface area contributed by atoms with Crippen molar-refractivity contribution in [3.63, 3.8) is 0 Å². The number of hydrogen-bond donors (Lipinski definition) is 3. The van der Waals surface area contributed by atoms with Crippen molar-refractivity contribution in [2.45, 2.75) is 43.1 Å². The van der Waals surface area contributed by atoms with Gasteiger partial charge in [-0.2, -0.15) is 0 Å². The summed E-state index contributed by atoms with van der Waals surface area (Å²) in [7, 11) is -2.18. The molecule has 0 aromatic heterocycles. The average Bonchev–Trinajstić information content (AvgIpc) is 3.08. The molecule has 2 amide bonds. The van der Waals surface area contributed by atoms with Gasteiger partial charge in [0, 0.05) is 18.8 Å². The number of urea groups is 1. The van der Waals surface area contributed by atoms with E-state index in [-0.39, 0.29) is 10.9 Å². The Bertz CT molecular complexity index is 642. The Labute approximate surface area is 143 Å². The predicted octanol–water partition coefficient (Wildman–Crippen LogP) is 2.07. The second kappa shape index (κ2) is 9.00. The van der Waals surface area contributed by atoms with Crippen LogP contribution in [0.15, 0.2) is 29.2 Å². The number of hydrogen-bond acceptors (Lipinski definition) is 4. The molecule has 7 nitrogen and oxygen atoms in total. The van der Waals surface area contributed by atoms with Crippen molar-refractivity contribution in [3.05, 3.63) is 24.3 Å². The first-order valence-corrected chi connectivity index (χ1v) is 9.69. The largest absolute Gasteiger partial charge is 0.378 e. The number of nitrogens with one attached hydrogen (secondary N) is 3. The third kappa shape index (κ3) is 5.77. The lowest BCUT2D eigenvalue weighted by Gasteiger charge is -2.10. The number of rotatable bonds is 8. The molecule has 1 saturated heterocycles. The Balaban J connectivity index is 1.71. The second-order valence-electron chi connectivity index (χ2n) is 5.75. The third-order valence-electron chi connectivity index (χ3n) is 3.93. The van der Waals surface area contributed by atoms with E-state index < -0.39 is 10.0 Å². The van der Waals surface area contributed by atoms with E-state index in [1.807, 2.05) is 0 Å². The summed E-state index contributed by atoms with van der Waals surface area (Å²) in [6.45, 7) is 1.45. The predicted molar refractivity (Wildman–Crippen MR) is 92.5 cm³/mol. The Morgan fingerprint density at radius 3 is 2.88 bits per heavy atom. The normalized spacial score (nSPS) is 17.6. The highest BCUT2D eigenvalue weighted by molar-refractivity contribution is 7.89. The van der Waals surface area contributed by atoms with Gasteiger partial charge in [0.25, 0.3) is 0 Å². The molecule has 0 bridgehead atoms. The molecule has 1 atom stereocenters. The zero-order valence-corrected chi connectivity index (χ0v) is 14.7. The van der Waals surface area contributed by atoms with Crippen LogP contribution in [0.3, 0.4) is 0 Å². The van der Waals surface area contributed by atoms with Crippen LogP contribution in [0.5, 0.6) is 0 Å². The van der Waals surface area contributed by atoms with E-state index >= 15 is 0 Å². The number of benzene rings is 1. The van der Waals surface area contributed by atoms with E-state index in [4.69, 9.17) is 4.74 Å². The smallest absolute Gasteiger partial charge is 0.319 e. The minimum atomic E-state index is -3.52. The molecule has 0 aliphatic carbocycles. The fourth-order valence-corrected chi connectivity index (χ4v) is 3.38. The van der Waals surface area contributed by atoms with Gasteiger partial charge in [0.05, 0.1) is 11.0 Å². The highest BCUT2D eigenvalue weighted by Gasteiger charge is 2.14. The van der Waals surface area contributed by atoms with E-state index in [1.54, 1.807) is 12.1 Å². The van der Waals surface area contributed by atoms with Gasteiger partial charge in [0.2, 0.25) is 10.0 Å². The van der Waals surface area contributed by atoms with Crippen molar-refractivity contribution in [1.29, 1.82) is 0 Å². The van der Waals surface area contributed by atoms with Crippen molar-refractivity contribution in [3.8, 4) is 0 Å². The molecule has 0 saturated carbocycles. The number of carbonyl (C=O) groups is 1. The number of carbonyl (C=O) groups excluding carboxylic acids is 1. The molecule has 2 rings (SSSR count). The molecule has 134 valence electrons. The Kier molecular flexibility index (Phi) is 7.01. The summed E-state index contributed by atoms with van der Waals surface area (Å²) in [5.74, 6) is 0. The molecular formula is C16H25N3O4S. The maximum Gasteiger partial charge on any atom is 0.319 e. The molecule has 3 N–H and O–H groups in total. The van der Waals surface area contributed by atoms with Gasteiger partial charge in [-0.05, 0) is 57.4 Å². The van der Waals surface area contributed by atoms with Crippen molar-refractivity contribution in [1.82, 2.24) is 10.0 Å². The van der Waals surface area contributed by atoms with E-state index in [2.05, 4.69) is 15.4 Å². The van der Waals surface area contributed by atoms with Crippen LogP contribution in [-0.4, -0.2) is 40.8 Å². The minimum absolute atomic E-state index is 0.111. The van der Waals surface area contributed by atoms with E-state index in [0.717, 1.165) is 38.7 Å². The number of ether oxygens (including phenoxy) is 1. The summed E-state index contributed by atoms with van der Waals surface area (Å²) in [6.07, 6.45) is 5.61. The number of amides is 2. The van der Waals surface area contributed by atoms with Crippen LogP contribution in [0.4, 0.5) is 10.5 Å². The molecule has 0 spiro atoms. The van der Waals surface area contributed by atoms with E-state index in [9.17, 15) is 13.2 Å². The molecule has 1 fully saturated rings. The third-order valence-corrected chi connectivity index (χ3v) is 5.35. The molecule has 1 heterocycles. The van der Waals surface area contributed by atoms with E-state index in [1.165, 1.54) is 19.2 Å². The molecule has 1 aromatic carbocycles. The lowest BCUT2D eigenvalue weighted by molar-refractivity contribution is 0.102. The van der Waals surface area contributed by atoms with Crippen LogP contribution in [0.25, 0.3) is 0 Å². The first-order valence-electron chi connectivity index (χ1n) is 8.21. The van der Waals surface area contributed by atoms with Crippen LogP contribution < -0.4 is 15.4 Å². The van der Waals surface area contributed by atoms with Crippen molar-refractivity contribution < 1.29 is 17.9 Å². The highest BCUT2D eigenvalue weighted by atomic mass is 32.2. The van der Waals surface area contributed by atoms with Crippen LogP contribution in [0, 0.1) is 0 Å². The van der Waals surface area contributed by atoms with Gasteiger partial charge in [-0.1, -0.05) is 6.07 Å². The summed E-state index contributed by atoms with van der Waals surface area (Å²) < 4.78 is 31.3. The first kappa shape index (κ1) is 18.7. The summed E-state index contributed by atoms with van der Waals surface area (Å²) in [5, 5.41) is 5.42. The van der Waals surface area contributed by atoms with E-state index in [0.29, 0.717) is 18.3 Å². The zero-order valence-electron chi connectivity index (χ0n) is 13.9. The second-order valence-corrected chi connectivity index (χ2v) is 7.63. The number of sulfonamides is 1. The fraction of sp³-hybridized carbons (Fsp3) is 0.562. The van der Waals surface area contributed by atoms with Crippen LogP contribution in [0.1, 0.15) is 32.1 Å². The highest BCUT2D eigenvalue weighted by Crippen LogP contribution is 2.17. The Hall–Kier alpha value is -1.64. The fourth-order valence-electron chi connectivity index (χ4n) is 2.61. The number of anilines is 1. The van der Waals surface area contributed by atoms with Gasteiger partial charge < -0.3 is 15.4 Å². The van der Waals surface area contributed by atoms with Crippen molar-refractivity contribution in [2.75, 3.05) is 25.5 Å². The maximum atomic E-state index is 11.9. The molecular weight excluding hydrogens is 330 g/mol. The summed E-state index contributed by atoms with van der Waals surface area (Å²) in [6, 6.07) is 5.78. The van der Waals surface area contributed by atoms with Gasteiger partial charge in [-0.15, -0.1) is 0 Å². The lowest BCUT2D eigenvalue weighted by Crippen LogP contribution is -2.29.